The summed E-state index contributed by atoms with van der Waals surface area (Å²) < 4.78 is 5.29. The molecule has 90 valence electrons. The monoisotopic (exact) mass is 214 g/mol. The number of nitrogens with zero attached hydrogens (tertiary/aromatic N) is 1. The molecule has 1 aliphatic heterocycles. The molecule has 1 rings (SSSR count). The first-order chi connectivity index (χ1) is 7.26. The lowest BCUT2D eigenvalue weighted by Gasteiger charge is -2.33. The number of ether oxygens (including phenoxy) is 1. The molecule has 0 aromatic rings. The van der Waals surface area contributed by atoms with Crippen molar-refractivity contribution in [1.29, 1.82) is 0 Å². The minimum absolute atomic E-state index is 0.366. The molecule has 1 aliphatic rings. The number of likely N-dealkylation sites (tertiary alicyclic amines) is 1. The Morgan fingerprint density at radius 1 is 1.40 bits per heavy atom. The molecule has 1 unspecified atom stereocenters. The average molecular weight is 214 g/mol. The fourth-order valence-corrected chi connectivity index (χ4v) is 2.11. The number of methoxy groups -OCH3 is 1. The van der Waals surface area contributed by atoms with Crippen molar-refractivity contribution < 1.29 is 4.74 Å². The first-order valence-electron chi connectivity index (χ1n) is 6.24. The lowest BCUT2D eigenvalue weighted by atomic mass is 10.0. The van der Waals surface area contributed by atoms with E-state index in [1.165, 1.54) is 38.9 Å². The van der Waals surface area contributed by atoms with E-state index in [0.29, 0.717) is 6.10 Å². The Kier molecular flexibility index (Phi) is 6.22. The number of nitrogens with one attached hydrogen (secondary N) is 1. The van der Waals surface area contributed by atoms with E-state index in [4.69, 9.17) is 4.74 Å². The largest absolute Gasteiger partial charge is 0.380 e. The van der Waals surface area contributed by atoms with E-state index in [-0.39, 0.29) is 0 Å². The van der Waals surface area contributed by atoms with Gasteiger partial charge < -0.3 is 15.0 Å². The molecule has 0 aliphatic carbocycles. The summed E-state index contributed by atoms with van der Waals surface area (Å²) in [6.07, 6.45) is 4.18. The van der Waals surface area contributed by atoms with Crippen LogP contribution in [-0.4, -0.2) is 50.3 Å². The Hall–Kier alpha value is -0.120. The lowest BCUT2D eigenvalue weighted by molar-refractivity contribution is 0.0658. The summed E-state index contributed by atoms with van der Waals surface area (Å²) in [6, 6.07) is 0.749. The van der Waals surface area contributed by atoms with Gasteiger partial charge in [-0.25, -0.2) is 0 Å². The van der Waals surface area contributed by atoms with Gasteiger partial charge in [-0.1, -0.05) is 6.92 Å². The maximum absolute atomic E-state index is 5.29. The Morgan fingerprint density at radius 2 is 2.07 bits per heavy atom. The Bertz CT molecular complexity index is 156. The van der Waals surface area contributed by atoms with Crippen LogP contribution in [0.25, 0.3) is 0 Å². The molecule has 15 heavy (non-hydrogen) atoms. The van der Waals surface area contributed by atoms with Crippen LogP contribution in [-0.2, 0) is 4.74 Å². The maximum Gasteiger partial charge on any atom is 0.0670 e. The number of hydrogen-bond donors (Lipinski definition) is 1. The minimum Gasteiger partial charge on any atom is -0.380 e. The molecule has 1 saturated heterocycles. The van der Waals surface area contributed by atoms with Gasteiger partial charge >= 0.3 is 0 Å². The van der Waals surface area contributed by atoms with Crippen molar-refractivity contribution in [2.75, 3.05) is 33.3 Å². The topological polar surface area (TPSA) is 24.5 Å². The molecule has 1 heterocycles. The molecule has 0 saturated carbocycles. The van der Waals surface area contributed by atoms with Crippen LogP contribution in [0.3, 0.4) is 0 Å². The molecule has 1 N–H and O–H groups in total. The van der Waals surface area contributed by atoms with Gasteiger partial charge in [0.2, 0.25) is 0 Å². The van der Waals surface area contributed by atoms with Crippen LogP contribution in [0.5, 0.6) is 0 Å². The van der Waals surface area contributed by atoms with E-state index in [1.807, 2.05) is 0 Å². The van der Waals surface area contributed by atoms with Crippen LogP contribution in [0.2, 0.25) is 0 Å². The first-order valence-corrected chi connectivity index (χ1v) is 6.24. The van der Waals surface area contributed by atoms with Crippen molar-refractivity contribution >= 4 is 0 Å². The Balaban J connectivity index is 2.12. The molecule has 0 radical (unpaired) electrons. The second-order valence-corrected chi connectivity index (χ2v) is 4.58. The highest BCUT2D eigenvalue weighted by atomic mass is 16.5. The van der Waals surface area contributed by atoms with Gasteiger partial charge in [0, 0.05) is 19.7 Å². The summed E-state index contributed by atoms with van der Waals surface area (Å²) in [4.78, 5) is 2.51. The summed E-state index contributed by atoms with van der Waals surface area (Å²) in [5.41, 5.74) is 0. The molecule has 3 heteroatoms. The zero-order valence-corrected chi connectivity index (χ0v) is 10.5. The molecule has 3 nitrogen and oxygen atoms in total. The molecule has 1 atom stereocenters. The summed E-state index contributed by atoms with van der Waals surface area (Å²) >= 11 is 0. The predicted molar refractivity (Wildman–Crippen MR) is 64.2 cm³/mol. The van der Waals surface area contributed by atoms with Crippen LogP contribution in [0.15, 0.2) is 0 Å². The van der Waals surface area contributed by atoms with Crippen molar-refractivity contribution in [2.24, 2.45) is 0 Å². The van der Waals surface area contributed by atoms with Crippen molar-refractivity contribution in [3.63, 3.8) is 0 Å². The van der Waals surface area contributed by atoms with Crippen LogP contribution in [0.1, 0.15) is 33.1 Å². The summed E-state index contributed by atoms with van der Waals surface area (Å²) in [5, 5.41) is 3.60. The summed E-state index contributed by atoms with van der Waals surface area (Å²) in [6.45, 7) is 9.05. The van der Waals surface area contributed by atoms with E-state index < -0.39 is 0 Å². The molecular formula is C12H26N2O. The molecular weight excluding hydrogens is 188 g/mol. The summed E-state index contributed by atoms with van der Waals surface area (Å²) in [5.74, 6) is 0. The predicted octanol–water partition coefficient (Wildman–Crippen LogP) is 1.49. The first kappa shape index (κ1) is 12.9. The molecule has 0 aromatic heterocycles. The summed E-state index contributed by atoms with van der Waals surface area (Å²) in [7, 11) is 1.79. The Labute approximate surface area is 94.2 Å². The van der Waals surface area contributed by atoms with Crippen LogP contribution in [0.4, 0.5) is 0 Å². The third-order valence-corrected chi connectivity index (χ3v) is 3.19. The number of piperidine rings is 1. The van der Waals surface area contributed by atoms with Gasteiger partial charge in [0.25, 0.3) is 0 Å². The zero-order valence-electron chi connectivity index (χ0n) is 10.5. The number of rotatable bonds is 6. The van der Waals surface area contributed by atoms with E-state index in [1.54, 1.807) is 7.11 Å². The maximum atomic E-state index is 5.29. The normalized spacial score (nSPS) is 21.8. The highest BCUT2D eigenvalue weighted by molar-refractivity contribution is 4.77. The van der Waals surface area contributed by atoms with E-state index >= 15 is 0 Å². The van der Waals surface area contributed by atoms with Gasteiger partial charge in [-0.05, 0) is 45.8 Å². The highest BCUT2D eigenvalue weighted by Crippen LogP contribution is 2.11. The molecule has 0 aromatic carbocycles. The van der Waals surface area contributed by atoms with Crippen molar-refractivity contribution in [1.82, 2.24) is 10.2 Å². The van der Waals surface area contributed by atoms with Crippen LogP contribution < -0.4 is 5.32 Å². The smallest absolute Gasteiger partial charge is 0.0670 e. The second kappa shape index (κ2) is 7.20. The quantitative estimate of drug-likeness (QED) is 0.725. The zero-order chi connectivity index (χ0) is 11.1. The average Bonchev–Trinajstić information content (AvgIpc) is 2.28. The van der Waals surface area contributed by atoms with E-state index in [9.17, 15) is 0 Å². The van der Waals surface area contributed by atoms with Gasteiger partial charge in [0.1, 0.15) is 0 Å². The van der Waals surface area contributed by atoms with Gasteiger partial charge in [-0.3, -0.25) is 0 Å². The van der Waals surface area contributed by atoms with Crippen LogP contribution >= 0.6 is 0 Å². The minimum atomic E-state index is 0.366. The number of hydrogen-bond acceptors (Lipinski definition) is 3. The van der Waals surface area contributed by atoms with E-state index in [2.05, 4.69) is 24.1 Å². The fourth-order valence-electron chi connectivity index (χ4n) is 2.11. The van der Waals surface area contributed by atoms with Crippen LogP contribution in [0, 0.1) is 0 Å². The van der Waals surface area contributed by atoms with Gasteiger partial charge in [-0.2, -0.15) is 0 Å². The molecule has 0 amide bonds. The van der Waals surface area contributed by atoms with Gasteiger partial charge in [-0.15, -0.1) is 0 Å². The van der Waals surface area contributed by atoms with Gasteiger partial charge in [0.05, 0.1) is 6.10 Å². The third-order valence-electron chi connectivity index (χ3n) is 3.19. The van der Waals surface area contributed by atoms with Crippen molar-refractivity contribution in [2.45, 2.75) is 45.3 Å². The molecule has 1 fully saturated rings. The standard InChI is InChI=1S/C12H26N2O/c1-4-7-13-12-5-8-14(9-6-12)10-11(2)15-3/h11-13H,4-10H2,1-3H3. The molecule has 0 spiro atoms. The van der Waals surface area contributed by atoms with Crippen molar-refractivity contribution in [3.8, 4) is 0 Å². The third kappa shape index (κ3) is 4.96. The van der Waals surface area contributed by atoms with E-state index in [0.717, 1.165) is 12.6 Å². The SMILES string of the molecule is CCCNC1CCN(CC(C)OC)CC1. The highest BCUT2D eigenvalue weighted by Gasteiger charge is 2.19. The van der Waals surface area contributed by atoms with Gasteiger partial charge in [0.15, 0.2) is 0 Å². The second-order valence-electron chi connectivity index (χ2n) is 4.58. The fraction of sp³-hybridized carbons (Fsp3) is 1.00. The Morgan fingerprint density at radius 3 is 2.60 bits per heavy atom. The lowest BCUT2D eigenvalue weighted by Crippen LogP contribution is -2.44. The van der Waals surface area contributed by atoms with Crippen molar-refractivity contribution in [3.05, 3.63) is 0 Å². The molecule has 0 bridgehead atoms.